The maximum absolute atomic E-state index is 5.86. The summed E-state index contributed by atoms with van der Waals surface area (Å²) in [5.74, 6) is 1.88. The van der Waals surface area contributed by atoms with E-state index in [2.05, 4.69) is 0 Å². The maximum atomic E-state index is 5.86. The molecule has 1 aromatic rings. The Morgan fingerprint density at radius 2 is 1.67 bits per heavy atom. The van der Waals surface area contributed by atoms with Gasteiger partial charge in [0.25, 0.3) is 0 Å². The van der Waals surface area contributed by atoms with Gasteiger partial charge in [0.05, 0.1) is 40.0 Å². The van der Waals surface area contributed by atoms with Gasteiger partial charge in [-0.3, -0.25) is 0 Å². The highest BCUT2D eigenvalue weighted by Gasteiger charge is 2.40. The fraction of sp³-hybridized carbons (Fsp3) is 0.538. The van der Waals surface area contributed by atoms with Crippen LogP contribution >= 0.6 is 0 Å². The van der Waals surface area contributed by atoms with Crippen molar-refractivity contribution in [1.29, 1.82) is 0 Å². The quantitative estimate of drug-likeness (QED) is 0.846. The van der Waals surface area contributed by atoms with Gasteiger partial charge < -0.3 is 24.7 Å². The lowest BCUT2D eigenvalue weighted by atomic mass is 9.78. The lowest BCUT2D eigenvalue weighted by molar-refractivity contribution is -0.0551. The predicted octanol–water partition coefficient (Wildman–Crippen LogP) is 0.939. The summed E-state index contributed by atoms with van der Waals surface area (Å²) in [6.07, 6.45) is 0. The molecule has 0 amide bonds. The van der Waals surface area contributed by atoms with Crippen molar-refractivity contribution in [3.05, 3.63) is 17.7 Å². The molecule has 100 valence electrons. The van der Waals surface area contributed by atoms with E-state index in [-0.39, 0.29) is 5.41 Å². The predicted molar refractivity (Wildman–Crippen MR) is 67.6 cm³/mol. The second-order valence-electron chi connectivity index (χ2n) is 4.39. The Hall–Kier alpha value is -1.46. The SMILES string of the molecule is COc1cc(C2(CN)COC2)cc(OC)c1OC. The second kappa shape index (κ2) is 5.04. The van der Waals surface area contributed by atoms with Crippen molar-refractivity contribution in [1.82, 2.24) is 0 Å². The Kier molecular flexibility index (Phi) is 3.63. The van der Waals surface area contributed by atoms with Gasteiger partial charge in [0, 0.05) is 6.54 Å². The van der Waals surface area contributed by atoms with Crippen molar-refractivity contribution < 1.29 is 18.9 Å². The van der Waals surface area contributed by atoms with E-state index in [1.54, 1.807) is 21.3 Å². The molecule has 1 fully saturated rings. The third-order valence-electron chi connectivity index (χ3n) is 3.42. The molecule has 1 aromatic carbocycles. The molecule has 1 saturated heterocycles. The van der Waals surface area contributed by atoms with E-state index in [1.165, 1.54) is 0 Å². The highest BCUT2D eigenvalue weighted by Crippen LogP contribution is 2.43. The average Bonchev–Trinajstić information content (AvgIpc) is 2.36. The molecule has 1 aliphatic rings. The lowest BCUT2D eigenvalue weighted by Crippen LogP contribution is -2.52. The van der Waals surface area contributed by atoms with Crippen LogP contribution in [0.4, 0.5) is 0 Å². The first-order valence-electron chi connectivity index (χ1n) is 5.79. The minimum Gasteiger partial charge on any atom is -0.493 e. The summed E-state index contributed by atoms with van der Waals surface area (Å²) < 4.78 is 21.3. The summed E-state index contributed by atoms with van der Waals surface area (Å²) in [7, 11) is 4.80. The number of rotatable bonds is 5. The number of hydrogen-bond donors (Lipinski definition) is 1. The summed E-state index contributed by atoms with van der Waals surface area (Å²) in [6.45, 7) is 1.79. The molecule has 0 radical (unpaired) electrons. The van der Waals surface area contributed by atoms with Crippen molar-refractivity contribution >= 4 is 0 Å². The molecule has 2 N–H and O–H groups in total. The van der Waals surface area contributed by atoms with Crippen molar-refractivity contribution in [3.63, 3.8) is 0 Å². The Morgan fingerprint density at radius 1 is 1.11 bits per heavy atom. The van der Waals surface area contributed by atoms with Crippen LogP contribution < -0.4 is 19.9 Å². The maximum Gasteiger partial charge on any atom is 0.203 e. The Morgan fingerprint density at radius 3 is 1.94 bits per heavy atom. The molecule has 0 saturated carbocycles. The Balaban J connectivity index is 2.49. The van der Waals surface area contributed by atoms with Crippen LogP contribution in [0.5, 0.6) is 17.2 Å². The molecular weight excluding hydrogens is 234 g/mol. The molecule has 0 bridgehead atoms. The average molecular weight is 253 g/mol. The highest BCUT2D eigenvalue weighted by molar-refractivity contribution is 5.55. The zero-order valence-corrected chi connectivity index (χ0v) is 11.0. The molecule has 0 spiro atoms. The minimum atomic E-state index is -0.132. The highest BCUT2D eigenvalue weighted by atomic mass is 16.5. The summed E-state index contributed by atoms with van der Waals surface area (Å²) in [6, 6.07) is 3.88. The molecule has 5 heteroatoms. The lowest BCUT2D eigenvalue weighted by Gasteiger charge is -2.41. The van der Waals surface area contributed by atoms with E-state index in [4.69, 9.17) is 24.7 Å². The molecule has 5 nitrogen and oxygen atoms in total. The van der Waals surface area contributed by atoms with E-state index in [0.717, 1.165) is 5.56 Å². The van der Waals surface area contributed by atoms with Gasteiger partial charge >= 0.3 is 0 Å². The number of methoxy groups -OCH3 is 3. The molecule has 0 atom stereocenters. The van der Waals surface area contributed by atoms with E-state index >= 15 is 0 Å². The van der Waals surface area contributed by atoms with Gasteiger partial charge in [0.2, 0.25) is 5.75 Å². The molecule has 0 aromatic heterocycles. The molecular formula is C13H19NO4. The van der Waals surface area contributed by atoms with Gasteiger partial charge in [-0.05, 0) is 17.7 Å². The van der Waals surface area contributed by atoms with Crippen LogP contribution in [0.15, 0.2) is 12.1 Å². The van der Waals surface area contributed by atoms with Crippen LogP contribution in [0, 0.1) is 0 Å². The monoisotopic (exact) mass is 253 g/mol. The molecule has 1 heterocycles. The third-order valence-corrected chi connectivity index (χ3v) is 3.42. The Labute approximate surface area is 107 Å². The zero-order valence-electron chi connectivity index (χ0n) is 11.0. The van der Waals surface area contributed by atoms with E-state index < -0.39 is 0 Å². The third kappa shape index (κ3) is 1.89. The minimum absolute atomic E-state index is 0.132. The normalized spacial score (nSPS) is 16.9. The largest absolute Gasteiger partial charge is 0.493 e. The van der Waals surface area contributed by atoms with Gasteiger partial charge in [-0.1, -0.05) is 0 Å². The number of nitrogens with two attached hydrogens (primary N) is 1. The van der Waals surface area contributed by atoms with Crippen molar-refractivity contribution in [2.75, 3.05) is 41.1 Å². The first kappa shape index (κ1) is 13.0. The zero-order chi connectivity index (χ0) is 13.2. The molecule has 1 aliphatic heterocycles. The second-order valence-corrected chi connectivity index (χ2v) is 4.39. The van der Waals surface area contributed by atoms with E-state index in [9.17, 15) is 0 Å². The van der Waals surface area contributed by atoms with Crippen LogP contribution in [0.25, 0.3) is 0 Å². The smallest absolute Gasteiger partial charge is 0.203 e. The van der Waals surface area contributed by atoms with Crippen molar-refractivity contribution in [2.24, 2.45) is 5.73 Å². The Bertz CT molecular complexity index is 398. The van der Waals surface area contributed by atoms with Gasteiger partial charge in [-0.2, -0.15) is 0 Å². The number of benzene rings is 1. The van der Waals surface area contributed by atoms with Crippen LogP contribution in [0.3, 0.4) is 0 Å². The fourth-order valence-electron chi connectivity index (χ4n) is 2.14. The summed E-state index contributed by atoms with van der Waals surface area (Å²) in [5.41, 5.74) is 6.79. The van der Waals surface area contributed by atoms with Gasteiger partial charge in [0.1, 0.15) is 0 Å². The van der Waals surface area contributed by atoms with Crippen LogP contribution in [-0.2, 0) is 10.2 Å². The van der Waals surface area contributed by atoms with Gasteiger partial charge in [0.15, 0.2) is 11.5 Å². The van der Waals surface area contributed by atoms with Gasteiger partial charge in [-0.15, -0.1) is 0 Å². The first-order valence-corrected chi connectivity index (χ1v) is 5.79. The summed E-state index contributed by atoms with van der Waals surface area (Å²) >= 11 is 0. The topological polar surface area (TPSA) is 62.9 Å². The van der Waals surface area contributed by atoms with Crippen molar-refractivity contribution in [2.45, 2.75) is 5.41 Å². The van der Waals surface area contributed by atoms with Crippen molar-refractivity contribution in [3.8, 4) is 17.2 Å². The number of hydrogen-bond acceptors (Lipinski definition) is 5. The van der Waals surface area contributed by atoms with Crippen LogP contribution in [0.1, 0.15) is 5.56 Å². The summed E-state index contributed by atoms with van der Waals surface area (Å²) in [5, 5.41) is 0. The first-order chi connectivity index (χ1) is 8.70. The van der Waals surface area contributed by atoms with Gasteiger partial charge in [-0.25, -0.2) is 0 Å². The molecule has 2 rings (SSSR count). The van der Waals surface area contributed by atoms with Crippen LogP contribution in [0.2, 0.25) is 0 Å². The number of ether oxygens (including phenoxy) is 4. The molecule has 0 unspecified atom stereocenters. The standard InChI is InChI=1S/C13H19NO4/c1-15-10-4-9(13(6-14)7-18-8-13)5-11(16-2)12(10)17-3/h4-5H,6-8,14H2,1-3H3. The summed E-state index contributed by atoms with van der Waals surface area (Å²) in [4.78, 5) is 0. The fourth-order valence-corrected chi connectivity index (χ4v) is 2.14. The molecule has 18 heavy (non-hydrogen) atoms. The molecule has 0 aliphatic carbocycles. The van der Waals surface area contributed by atoms with E-state index in [0.29, 0.717) is 37.0 Å². The van der Waals surface area contributed by atoms with Crippen LogP contribution in [-0.4, -0.2) is 41.1 Å². The van der Waals surface area contributed by atoms with E-state index in [1.807, 2.05) is 12.1 Å².